The number of rotatable bonds is 4. The van der Waals surface area contributed by atoms with Gasteiger partial charge in [-0.05, 0) is 19.4 Å². The van der Waals surface area contributed by atoms with Crippen molar-refractivity contribution in [2.24, 2.45) is 0 Å². The van der Waals surface area contributed by atoms with E-state index in [0.717, 1.165) is 5.56 Å². The first-order valence-electron chi connectivity index (χ1n) is 5.38. The van der Waals surface area contributed by atoms with Gasteiger partial charge in [0.25, 0.3) is 0 Å². The number of aryl methyl sites for hydroxylation is 1. The maximum Gasteiger partial charge on any atom is 0.168 e. The number of aliphatic hydroxyl groups excluding tert-OH is 1. The van der Waals surface area contributed by atoms with Crippen LogP contribution in [0.3, 0.4) is 0 Å². The second-order valence-corrected chi connectivity index (χ2v) is 9.03. The Balaban J connectivity index is 3.17. The third kappa shape index (κ3) is 2.89. The van der Waals surface area contributed by atoms with Crippen LogP contribution in [-0.4, -0.2) is 22.9 Å². The summed E-state index contributed by atoms with van der Waals surface area (Å²) in [5.41, 5.74) is 1.58. The van der Waals surface area contributed by atoms with Crippen LogP contribution in [0.2, 0.25) is 0 Å². The normalized spacial score (nSPS) is 17.5. The van der Waals surface area contributed by atoms with Gasteiger partial charge in [0.1, 0.15) is 6.10 Å². The number of hydrogen-bond donors (Lipinski definition) is 1. The molecule has 0 amide bonds. The third-order valence-electron chi connectivity index (χ3n) is 2.83. The Morgan fingerprint density at radius 1 is 1.47 bits per heavy atom. The van der Waals surface area contributed by atoms with E-state index >= 15 is 0 Å². The molecule has 0 spiro atoms. The summed E-state index contributed by atoms with van der Waals surface area (Å²) in [4.78, 5) is 0. The van der Waals surface area contributed by atoms with Crippen LogP contribution < -0.4 is 0 Å². The first-order chi connectivity index (χ1) is 7.72. The van der Waals surface area contributed by atoms with E-state index in [4.69, 9.17) is 0 Å². The highest BCUT2D eigenvalue weighted by Crippen LogP contribution is 2.38. The lowest BCUT2D eigenvalue weighted by Gasteiger charge is -2.28. The summed E-state index contributed by atoms with van der Waals surface area (Å²) in [6.45, 7) is 4.95. The van der Waals surface area contributed by atoms with E-state index in [1.165, 1.54) is 6.92 Å². The van der Waals surface area contributed by atoms with E-state index in [9.17, 15) is 13.5 Å². The number of hydrogen-bond acceptors (Lipinski definition) is 3. The molecule has 0 bridgehead atoms. The zero-order valence-electron chi connectivity index (χ0n) is 10.1. The van der Waals surface area contributed by atoms with Crippen molar-refractivity contribution in [2.45, 2.75) is 30.5 Å². The fourth-order valence-electron chi connectivity index (χ4n) is 1.59. The van der Waals surface area contributed by atoms with Gasteiger partial charge >= 0.3 is 0 Å². The number of halogens is 1. The van der Waals surface area contributed by atoms with Gasteiger partial charge in [-0.25, -0.2) is 8.42 Å². The first kappa shape index (κ1) is 14.7. The predicted molar refractivity (Wildman–Crippen MR) is 72.9 cm³/mol. The van der Waals surface area contributed by atoms with Gasteiger partial charge in [-0.2, -0.15) is 0 Å². The Kier molecular flexibility index (Phi) is 4.38. The lowest BCUT2D eigenvalue weighted by Crippen LogP contribution is -2.36. The monoisotopic (exact) mass is 320 g/mol. The average Bonchev–Trinajstić information content (AvgIpc) is 2.27. The minimum Gasteiger partial charge on any atom is -0.386 e. The highest BCUT2D eigenvalue weighted by molar-refractivity contribution is 9.11. The van der Waals surface area contributed by atoms with Crippen LogP contribution in [0.15, 0.2) is 24.3 Å². The first-order valence-corrected chi connectivity index (χ1v) is 7.82. The molecule has 1 rings (SSSR count). The Bertz CT molecular complexity index is 494. The van der Waals surface area contributed by atoms with E-state index < -0.39 is 19.6 Å². The van der Waals surface area contributed by atoms with Gasteiger partial charge < -0.3 is 5.11 Å². The molecule has 0 saturated heterocycles. The molecule has 0 fully saturated rings. The van der Waals surface area contributed by atoms with Crippen molar-refractivity contribution in [1.29, 1.82) is 0 Å². The minimum absolute atomic E-state index is 0.0162. The number of benzene rings is 1. The standard InChI is InChI=1S/C12H17BrO3S/c1-4-17(15,16)12(3,13)11(14)10-7-5-6-9(2)8-10/h5-8,11,14H,4H2,1-3H3. The molecular formula is C12H17BrO3S. The Labute approximate surface area is 111 Å². The second kappa shape index (κ2) is 5.08. The molecular weight excluding hydrogens is 304 g/mol. The summed E-state index contributed by atoms with van der Waals surface area (Å²) < 4.78 is 22.5. The van der Waals surface area contributed by atoms with Crippen LogP contribution in [0.1, 0.15) is 31.1 Å². The highest BCUT2D eigenvalue weighted by atomic mass is 79.9. The fourth-order valence-corrected chi connectivity index (χ4v) is 3.58. The van der Waals surface area contributed by atoms with Crippen LogP contribution >= 0.6 is 15.9 Å². The van der Waals surface area contributed by atoms with Crippen LogP contribution in [0.4, 0.5) is 0 Å². The minimum atomic E-state index is -3.39. The molecule has 0 radical (unpaired) electrons. The summed E-state index contributed by atoms with van der Waals surface area (Å²) in [6, 6.07) is 7.21. The predicted octanol–water partition coefficient (Wildman–Crippen LogP) is 2.57. The molecule has 1 aromatic rings. The molecule has 0 aliphatic rings. The molecule has 1 N–H and O–H groups in total. The molecule has 0 aliphatic heterocycles. The van der Waals surface area contributed by atoms with Gasteiger partial charge in [-0.3, -0.25) is 0 Å². The SMILES string of the molecule is CCS(=O)(=O)C(C)(Br)C(O)c1cccc(C)c1. The topological polar surface area (TPSA) is 54.4 Å². The quantitative estimate of drug-likeness (QED) is 0.867. The van der Waals surface area contributed by atoms with Crippen molar-refractivity contribution in [3.05, 3.63) is 35.4 Å². The zero-order chi connectivity index (χ0) is 13.3. The Morgan fingerprint density at radius 3 is 2.53 bits per heavy atom. The van der Waals surface area contributed by atoms with E-state index in [1.54, 1.807) is 25.1 Å². The molecule has 1 aromatic carbocycles. The summed E-state index contributed by atoms with van der Waals surface area (Å²) in [6.07, 6.45) is -1.09. The third-order valence-corrected chi connectivity index (χ3v) is 6.95. The van der Waals surface area contributed by atoms with E-state index in [-0.39, 0.29) is 5.75 Å². The number of sulfone groups is 1. The van der Waals surface area contributed by atoms with Crippen molar-refractivity contribution in [1.82, 2.24) is 0 Å². The van der Waals surface area contributed by atoms with Gasteiger partial charge in [0, 0.05) is 5.75 Å². The number of alkyl halides is 1. The van der Waals surface area contributed by atoms with Crippen molar-refractivity contribution in [3.63, 3.8) is 0 Å². The smallest absolute Gasteiger partial charge is 0.168 e. The molecule has 96 valence electrons. The Hall–Kier alpha value is -0.390. The molecule has 0 aliphatic carbocycles. The van der Waals surface area contributed by atoms with Crippen molar-refractivity contribution < 1.29 is 13.5 Å². The molecule has 3 nitrogen and oxygen atoms in total. The lowest BCUT2D eigenvalue weighted by atomic mass is 10.0. The van der Waals surface area contributed by atoms with E-state index in [1.807, 2.05) is 13.0 Å². The van der Waals surface area contributed by atoms with Crippen LogP contribution in [0.25, 0.3) is 0 Å². The lowest BCUT2D eigenvalue weighted by molar-refractivity contribution is 0.167. The summed E-state index contributed by atoms with van der Waals surface area (Å²) in [7, 11) is -3.39. The van der Waals surface area contributed by atoms with E-state index in [2.05, 4.69) is 15.9 Å². The van der Waals surface area contributed by atoms with Gasteiger partial charge in [-0.1, -0.05) is 52.7 Å². The van der Waals surface area contributed by atoms with Crippen LogP contribution in [0.5, 0.6) is 0 Å². The van der Waals surface area contributed by atoms with Gasteiger partial charge in [0.2, 0.25) is 0 Å². The molecule has 17 heavy (non-hydrogen) atoms. The van der Waals surface area contributed by atoms with Crippen LogP contribution in [0, 0.1) is 6.92 Å². The van der Waals surface area contributed by atoms with Crippen molar-refractivity contribution in [2.75, 3.05) is 5.75 Å². The van der Waals surface area contributed by atoms with Gasteiger partial charge in [-0.15, -0.1) is 0 Å². The van der Waals surface area contributed by atoms with Crippen molar-refractivity contribution in [3.8, 4) is 0 Å². The summed E-state index contributed by atoms with van der Waals surface area (Å²) in [5.74, 6) is -0.0162. The molecule has 0 saturated carbocycles. The maximum absolute atomic E-state index is 11.9. The highest BCUT2D eigenvalue weighted by Gasteiger charge is 2.42. The maximum atomic E-state index is 11.9. The van der Waals surface area contributed by atoms with Gasteiger partial charge in [0.15, 0.2) is 13.5 Å². The average molecular weight is 321 g/mol. The van der Waals surface area contributed by atoms with Crippen LogP contribution in [-0.2, 0) is 9.84 Å². The zero-order valence-corrected chi connectivity index (χ0v) is 12.5. The summed E-state index contributed by atoms with van der Waals surface area (Å²) in [5, 5.41) is 10.2. The van der Waals surface area contributed by atoms with Gasteiger partial charge in [0.05, 0.1) is 0 Å². The Morgan fingerprint density at radius 2 is 2.06 bits per heavy atom. The largest absolute Gasteiger partial charge is 0.386 e. The van der Waals surface area contributed by atoms with E-state index in [0.29, 0.717) is 5.56 Å². The molecule has 0 aromatic heterocycles. The molecule has 5 heteroatoms. The molecule has 0 heterocycles. The number of aliphatic hydroxyl groups is 1. The second-order valence-electron chi connectivity index (χ2n) is 4.21. The molecule has 2 atom stereocenters. The summed E-state index contributed by atoms with van der Waals surface area (Å²) >= 11 is 3.15. The molecule has 2 unspecified atom stereocenters. The fraction of sp³-hybridized carbons (Fsp3) is 0.500. The van der Waals surface area contributed by atoms with Crippen molar-refractivity contribution >= 4 is 25.8 Å².